The highest BCUT2D eigenvalue weighted by Crippen LogP contribution is 2.43. The molecule has 1 aromatic rings. The van der Waals surface area contributed by atoms with Crippen LogP contribution >= 0.6 is 11.6 Å². The van der Waals surface area contributed by atoms with Gasteiger partial charge in [-0.15, -0.1) is 0 Å². The van der Waals surface area contributed by atoms with Gasteiger partial charge in [0.1, 0.15) is 11.9 Å². The Balaban J connectivity index is 1.94. The van der Waals surface area contributed by atoms with Gasteiger partial charge in [0.15, 0.2) is 0 Å². The molecule has 0 bridgehead atoms. The number of halogens is 1. The second kappa shape index (κ2) is 5.10. The first kappa shape index (κ1) is 12.3. The molecular weight excluding hydrogens is 248 g/mol. The third-order valence-electron chi connectivity index (χ3n) is 4.14. The van der Waals surface area contributed by atoms with Crippen molar-refractivity contribution in [1.29, 1.82) is 0 Å². The largest absolute Gasteiger partial charge is 0.487 e. The summed E-state index contributed by atoms with van der Waals surface area (Å²) in [4.78, 5) is 0. The third-order valence-corrected chi connectivity index (χ3v) is 4.36. The fourth-order valence-corrected chi connectivity index (χ4v) is 3.49. The Kier molecular flexibility index (Phi) is 3.49. The van der Waals surface area contributed by atoms with Crippen LogP contribution in [0.4, 0.5) is 0 Å². The van der Waals surface area contributed by atoms with Crippen molar-refractivity contribution in [2.45, 2.75) is 50.5 Å². The molecule has 3 heteroatoms. The highest BCUT2D eigenvalue weighted by atomic mass is 35.5. The Bertz CT molecular complexity index is 438. The van der Waals surface area contributed by atoms with Crippen LogP contribution in [0, 0.1) is 0 Å². The van der Waals surface area contributed by atoms with Crippen LogP contribution in [0.15, 0.2) is 12.1 Å². The van der Waals surface area contributed by atoms with Crippen LogP contribution in [0.25, 0.3) is 0 Å². The van der Waals surface area contributed by atoms with Crippen molar-refractivity contribution in [1.82, 2.24) is 0 Å². The number of fused-ring (bicyclic) bond motifs is 1. The summed E-state index contributed by atoms with van der Waals surface area (Å²) in [5.41, 5.74) is 2.44. The maximum atomic E-state index is 9.25. The normalized spacial score (nSPS) is 23.8. The van der Waals surface area contributed by atoms with Crippen molar-refractivity contribution >= 4 is 11.6 Å². The molecule has 0 unspecified atom stereocenters. The van der Waals surface area contributed by atoms with Crippen LogP contribution < -0.4 is 4.74 Å². The molecule has 1 heterocycles. The number of ether oxygens (including phenoxy) is 1. The fraction of sp³-hybridized carbons (Fsp3) is 0.600. The second-order valence-electron chi connectivity index (χ2n) is 5.44. The van der Waals surface area contributed by atoms with Crippen LogP contribution in [0.2, 0.25) is 5.02 Å². The van der Waals surface area contributed by atoms with Gasteiger partial charge in [-0.2, -0.15) is 0 Å². The van der Waals surface area contributed by atoms with Crippen molar-refractivity contribution in [2.75, 3.05) is 6.61 Å². The quantitative estimate of drug-likeness (QED) is 0.885. The number of rotatable bonds is 2. The van der Waals surface area contributed by atoms with Crippen LogP contribution in [0.5, 0.6) is 5.75 Å². The maximum Gasteiger partial charge on any atom is 0.126 e. The van der Waals surface area contributed by atoms with Crippen molar-refractivity contribution in [3.63, 3.8) is 0 Å². The van der Waals surface area contributed by atoms with Crippen LogP contribution in [0.1, 0.15) is 49.1 Å². The smallest absolute Gasteiger partial charge is 0.126 e. The highest BCUT2D eigenvalue weighted by Gasteiger charge is 2.29. The van der Waals surface area contributed by atoms with E-state index < -0.39 is 0 Å². The predicted molar refractivity (Wildman–Crippen MR) is 72.5 cm³/mol. The highest BCUT2D eigenvalue weighted by molar-refractivity contribution is 6.30. The predicted octanol–water partition coefficient (Wildman–Crippen LogP) is 3.68. The number of hydrogen-bond acceptors (Lipinski definition) is 2. The zero-order valence-electron chi connectivity index (χ0n) is 10.5. The zero-order chi connectivity index (χ0) is 12.5. The van der Waals surface area contributed by atoms with E-state index in [1.54, 1.807) is 0 Å². The lowest BCUT2D eigenvalue weighted by atomic mass is 9.83. The van der Waals surface area contributed by atoms with Crippen molar-refractivity contribution in [3.05, 3.63) is 28.3 Å². The molecule has 1 fully saturated rings. The molecule has 2 aliphatic rings. The Morgan fingerprint density at radius 3 is 2.72 bits per heavy atom. The fourth-order valence-electron chi connectivity index (χ4n) is 3.24. The first-order chi connectivity index (χ1) is 8.78. The Labute approximate surface area is 113 Å². The molecule has 0 radical (unpaired) electrons. The molecule has 98 valence electrons. The molecule has 18 heavy (non-hydrogen) atoms. The summed E-state index contributed by atoms with van der Waals surface area (Å²) < 4.78 is 5.89. The molecule has 0 aromatic heterocycles. The van der Waals surface area contributed by atoms with Gasteiger partial charge < -0.3 is 9.84 Å². The lowest BCUT2D eigenvalue weighted by Gasteiger charge is -2.24. The monoisotopic (exact) mass is 266 g/mol. The summed E-state index contributed by atoms with van der Waals surface area (Å²) in [5, 5.41) is 10.1. The summed E-state index contributed by atoms with van der Waals surface area (Å²) >= 11 is 6.22. The molecule has 1 aromatic carbocycles. The van der Waals surface area contributed by atoms with Gasteiger partial charge in [0.05, 0.1) is 6.61 Å². The average Bonchev–Trinajstić information content (AvgIpc) is 2.81. The minimum atomic E-state index is -0.0826. The van der Waals surface area contributed by atoms with Gasteiger partial charge in [0, 0.05) is 11.4 Å². The molecule has 0 spiro atoms. The van der Waals surface area contributed by atoms with Gasteiger partial charge >= 0.3 is 0 Å². The molecule has 1 atom stereocenters. The maximum absolute atomic E-state index is 9.25. The topological polar surface area (TPSA) is 29.5 Å². The van der Waals surface area contributed by atoms with E-state index >= 15 is 0 Å². The summed E-state index contributed by atoms with van der Waals surface area (Å²) in [6.07, 6.45) is 7.12. The van der Waals surface area contributed by atoms with E-state index in [2.05, 4.69) is 6.07 Å². The standard InChI is InChI=1S/C15H19ClO2/c16-12-6-11-7-13(9-17)18-15(11)14(8-12)10-4-2-1-3-5-10/h6,8,10,13,17H,1-5,7,9H2/t13-/m0/s1. The minimum Gasteiger partial charge on any atom is -0.487 e. The summed E-state index contributed by atoms with van der Waals surface area (Å²) in [6, 6.07) is 4.05. The van der Waals surface area contributed by atoms with E-state index in [4.69, 9.17) is 16.3 Å². The first-order valence-corrected chi connectivity index (χ1v) is 7.25. The van der Waals surface area contributed by atoms with Crippen molar-refractivity contribution < 1.29 is 9.84 Å². The number of aliphatic hydroxyl groups excluding tert-OH is 1. The van der Waals surface area contributed by atoms with E-state index in [1.807, 2.05) is 6.07 Å². The average molecular weight is 267 g/mol. The van der Waals surface area contributed by atoms with Crippen LogP contribution in [-0.2, 0) is 6.42 Å². The van der Waals surface area contributed by atoms with Gasteiger partial charge in [-0.1, -0.05) is 30.9 Å². The first-order valence-electron chi connectivity index (χ1n) is 6.87. The summed E-state index contributed by atoms with van der Waals surface area (Å²) in [5.74, 6) is 1.59. The van der Waals surface area contributed by atoms with Crippen molar-refractivity contribution in [2.24, 2.45) is 0 Å². The lowest BCUT2D eigenvalue weighted by molar-refractivity contribution is 0.133. The Hall–Kier alpha value is -0.730. The van der Waals surface area contributed by atoms with E-state index in [0.717, 1.165) is 17.2 Å². The molecule has 0 amide bonds. The van der Waals surface area contributed by atoms with Gasteiger partial charge in [0.2, 0.25) is 0 Å². The number of aliphatic hydroxyl groups is 1. The van der Waals surface area contributed by atoms with Gasteiger partial charge in [-0.25, -0.2) is 0 Å². The van der Waals surface area contributed by atoms with Gasteiger partial charge in [-0.3, -0.25) is 0 Å². The van der Waals surface area contributed by atoms with Crippen LogP contribution in [0.3, 0.4) is 0 Å². The lowest BCUT2D eigenvalue weighted by Crippen LogP contribution is -2.17. The molecule has 1 saturated carbocycles. The van der Waals surface area contributed by atoms with Crippen LogP contribution in [-0.4, -0.2) is 17.8 Å². The molecule has 1 aliphatic carbocycles. The molecular formula is C15H19ClO2. The molecule has 3 rings (SSSR count). The van der Waals surface area contributed by atoms with Gasteiger partial charge in [0.25, 0.3) is 0 Å². The SMILES string of the molecule is OC[C@@H]1Cc2cc(Cl)cc(C3CCCCC3)c2O1. The molecule has 0 saturated heterocycles. The molecule has 1 N–H and O–H groups in total. The summed E-state index contributed by atoms with van der Waals surface area (Å²) in [7, 11) is 0. The second-order valence-corrected chi connectivity index (χ2v) is 5.88. The van der Waals surface area contributed by atoms with E-state index in [0.29, 0.717) is 5.92 Å². The zero-order valence-corrected chi connectivity index (χ0v) is 11.2. The minimum absolute atomic E-state index is 0.0798. The van der Waals surface area contributed by atoms with E-state index in [-0.39, 0.29) is 12.7 Å². The summed E-state index contributed by atoms with van der Waals surface area (Å²) in [6.45, 7) is 0.0798. The van der Waals surface area contributed by atoms with E-state index in [9.17, 15) is 5.11 Å². The molecule has 1 aliphatic heterocycles. The third kappa shape index (κ3) is 2.24. The van der Waals surface area contributed by atoms with Gasteiger partial charge in [-0.05, 0) is 42.0 Å². The molecule has 2 nitrogen and oxygen atoms in total. The number of hydrogen-bond donors (Lipinski definition) is 1. The Morgan fingerprint density at radius 1 is 1.22 bits per heavy atom. The van der Waals surface area contributed by atoms with E-state index in [1.165, 1.54) is 43.2 Å². The van der Waals surface area contributed by atoms with Crippen molar-refractivity contribution in [3.8, 4) is 5.75 Å². The Morgan fingerprint density at radius 2 is 2.00 bits per heavy atom. The number of benzene rings is 1.